The number of hydrogen-bond donors (Lipinski definition) is 0. The highest BCUT2D eigenvalue weighted by Gasteiger charge is 2.60. The zero-order valence-corrected chi connectivity index (χ0v) is 13.6. The topological polar surface area (TPSA) is 35.5 Å². The first-order valence-corrected chi connectivity index (χ1v) is 10.3. The molecule has 1 aliphatic carbocycles. The number of carbonyl (C=O) groups is 1. The smallest absolute Gasteiger partial charge is 0.312 e. The van der Waals surface area contributed by atoms with Gasteiger partial charge in [0, 0.05) is 0 Å². The third kappa shape index (κ3) is 3.58. The van der Waals surface area contributed by atoms with Crippen molar-refractivity contribution in [2.24, 2.45) is 5.92 Å². The molecule has 0 heterocycles. The predicted molar refractivity (Wildman–Crippen MR) is 82.8 cm³/mol. The first-order chi connectivity index (χ1) is 9.36. The highest BCUT2D eigenvalue weighted by Crippen LogP contribution is 2.50. The second-order valence-electron chi connectivity index (χ2n) is 6.19. The van der Waals surface area contributed by atoms with Gasteiger partial charge in [0.2, 0.25) is 0 Å². The van der Waals surface area contributed by atoms with Crippen LogP contribution in [0.25, 0.3) is 6.08 Å². The third-order valence-corrected chi connectivity index (χ3v) is 4.28. The summed E-state index contributed by atoms with van der Waals surface area (Å²) >= 11 is 0. The van der Waals surface area contributed by atoms with Crippen molar-refractivity contribution in [3.8, 4) is 0 Å². The number of ether oxygens (including phenoxy) is 1. The molecule has 0 aromatic heterocycles. The van der Waals surface area contributed by atoms with Crippen molar-refractivity contribution in [3.05, 3.63) is 42.0 Å². The summed E-state index contributed by atoms with van der Waals surface area (Å²) in [4.78, 5) is 11.8. The van der Waals surface area contributed by atoms with E-state index in [4.69, 9.17) is 9.16 Å². The van der Waals surface area contributed by atoms with E-state index in [0.717, 1.165) is 5.56 Å². The van der Waals surface area contributed by atoms with Gasteiger partial charge in [-0.3, -0.25) is 4.79 Å². The van der Waals surface area contributed by atoms with E-state index >= 15 is 0 Å². The van der Waals surface area contributed by atoms with Crippen molar-refractivity contribution in [3.63, 3.8) is 0 Å². The predicted octanol–water partition coefficient (Wildman–Crippen LogP) is 3.48. The van der Waals surface area contributed by atoms with Gasteiger partial charge in [-0.2, -0.15) is 0 Å². The number of rotatable bonds is 5. The Hall–Kier alpha value is -1.39. The Balaban J connectivity index is 2.17. The molecule has 1 aromatic rings. The summed E-state index contributed by atoms with van der Waals surface area (Å²) in [6.45, 7) is 6.41. The molecule has 0 unspecified atom stereocenters. The Kier molecular flexibility index (Phi) is 4.16. The maximum Gasteiger partial charge on any atom is 0.312 e. The number of hydrogen-bond acceptors (Lipinski definition) is 3. The van der Waals surface area contributed by atoms with E-state index in [0.29, 0.717) is 6.42 Å². The molecule has 1 saturated carbocycles. The molecule has 4 heteroatoms. The van der Waals surface area contributed by atoms with Crippen molar-refractivity contribution < 1.29 is 14.0 Å². The summed E-state index contributed by atoms with van der Waals surface area (Å²) in [5, 5.41) is 0. The monoisotopic (exact) mass is 290 g/mol. The summed E-state index contributed by atoms with van der Waals surface area (Å²) in [7, 11) is -0.296. The van der Waals surface area contributed by atoms with Crippen LogP contribution in [0.15, 0.2) is 36.4 Å². The van der Waals surface area contributed by atoms with Crippen molar-refractivity contribution in [1.82, 2.24) is 0 Å². The number of benzene rings is 1. The number of esters is 1. The molecule has 0 saturated heterocycles. The van der Waals surface area contributed by atoms with E-state index in [1.807, 2.05) is 42.5 Å². The Bertz CT molecular complexity index is 504. The Morgan fingerprint density at radius 3 is 2.50 bits per heavy atom. The van der Waals surface area contributed by atoms with Crippen molar-refractivity contribution in [2.45, 2.75) is 31.7 Å². The molecule has 1 fully saturated rings. The van der Waals surface area contributed by atoms with Gasteiger partial charge >= 0.3 is 5.97 Å². The largest absolute Gasteiger partial charge is 0.469 e. The number of carbonyl (C=O) groups excluding carboxylic acids is 1. The van der Waals surface area contributed by atoms with Crippen LogP contribution >= 0.6 is 0 Å². The zero-order valence-electron chi connectivity index (χ0n) is 12.6. The van der Waals surface area contributed by atoms with Gasteiger partial charge in [0.1, 0.15) is 0 Å². The van der Waals surface area contributed by atoms with Crippen LogP contribution in [0.2, 0.25) is 19.6 Å². The van der Waals surface area contributed by atoms with Gasteiger partial charge in [0.15, 0.2) is 8.32 Å². The first kappa shape index (κ1) is 15.0. The molecule has 0 N–H and O–H groups in total. The maximum atomic E-state index is 11.8. The average Bonchev–Trinajstić information content (AvgIpc) is 3.09. The van der Waals surface area contributed by atoms with Crippen molar-refractivity contribution >= 4 is 20.4 Å². The van der Waals surface area contributed by atoms with Crippen LogP contribution in [0.1, 0.15) is 12.0 Å². The lowest BCUT2D eigenvalue weighted by atomic mass is 10.1. The van der Waals surface area contributed by atoms with Crippen LogP contribution in [0.4, 0.5) is 0 Å². The second-order valence-corrected chi connectivity index (χ2v) is 10.6. The summed E-state index contributed by atoms with van der Waals surface area (Å²) < 4.78 is 11.1. The van der Waals surface area contributed by atoms with Gasteiger partial charge in [-0.05, 0) is 31.6 Å². The van der Waals surface area contributed by atoms with Gasteiger partial charge in [-0.1, -0.05) is 42.5 Å². The van der Waals surface area contributed by atoms with E-state index < -0.39 is 13.9 Å². The van der Waals surface area contributed by atoms with Crippen LogP contribution in [0, 0.1) is 5.92 Å². The molecular formula is C16H22O3Si. The van der Waals surface area contributed by atoms with Gasteiger partial charge in [0.25, 0.3) is 0 Å². The van der Waals surface area contributed by atoms with E-state index in [9.17, 15) is 4.79 Å². The van der Waals surface area contributed by atoms with Gasteiger partial charge in [-0.25, -0.2) is 0 Å². The van der Waals surface area contributed by atoms with E-state index in [1.54, 1.807) is 0 Å². The highest BCUT2D eigenvalue weighted by molar-refractivity contribution is 6.69. The van der Waals surface area contributed by atoms with Crippen molar-refractivity contribution in [1.29, 1.82) is 0 Å². The van der Waals surface area contributed by atoms with Gasteiger partial charge < -0.3 is 9.16 Å². The van der Waals surface area contributed by atoms with Crippen LogP contribution in [0.5, 0.6) is 0 Å². The van der Waals surface area contributed by atoms with Crippen molar-refractivity contribution in [2.75, 3.05) is 7.11 Å². The summed E-state index contributed by atoms with van der Waals surface area (Å²) in [6, 6.07) is 10.1. The Morgan fingerprint density at radius 1 is 1.30 bits per heavy atom. The van der Waals surface area contributed by atoms with Gasteiger partial charge in [-0.15, -0.1) is 0 Å². The fourth-order valence-electron chi connectivity index (χ4n) is 2.39. The average molecular weight is 290 g/mol. The third-order valence-electron chi connectivity index (χ3n) is 3.29. The van der Waals surface area contributed by atoms with Crippen LogP contribution in [0.3, 0.4) is 0 Å². The lowest BCUT2D eigenvalue weighted by molar-refractivity contribution is -0.143. The quantitative estimate of drug-likeness (QED) is 0.615. The molecule has 108 valence electrons. The Labute approximate surface area is 121 Å². The van der Waals surface area contributed by atoms with E-state index in [-0.39, 0.29) is 11.9 Å². The zero-order chi connectivity index (χ0) is 14.8. The molecule has 0 radical (unpaired) electrons. The fraction of sp³-hybridized carbons (Fsp3) is 0.438. The molecule has 2 rings (SSSR count). The molecule has 0 aliphatic heterocycles. The molecule has 1 aromatic carbocycles. The summed E-state index contributed by atoms with van der Waals surface area (Å²) in [5.74, 6) is -0.347. The molecule has 0 bridgehead atoms. The minimum Gasteiger partial charge on any atom is -0.469 e. The minimum atomic E-state index is -1.73. The summed E-state index contributed by atoms with van der Waals surface area (Å²) in [6.07, 6.45) is 4.78. The second kappa shape index (κ2) is 5.54. The molecule has 0 spiro atoms. The first-order valence-electron chi connectivity index (χ1n) is 6.89. The Morgan fingerprint density at radius 2 is 1.95 bits per heavy atom. The lowest BCUT2D eigenvalue weighted by Gasteiger charge is -2.24. The van der Waals surface area contributed by atoms with Crippen LogP contribution in [-0.2, 0) is 14.0 Å². The molecule has 0 amide bonds. The normalized spacial score (nSPS) is 25.7. The lowest BCUT2D eigenvalue weighted by Crippen LogP contribution is -2.34. The van der Waals surface area contributed by atoms with Crippen LogP contribution in [-0.4, -0.2) is 27.0 Å². The standard InChI is InChI=1S/C16H22O3Si/c1-18-15(17)14-12-16(14,19-20(2,3)4)11-10-13-8-6-5-7-9-13/h5-11,14H,12H2,1-4H3/b11-10+/t14-,16+/m1/s1. The van der Waals surface area contributed by atoms with Gasteiger partial charge in [0.05, 0.1) is 18.6 Å². The fourth-order valence-corrected chi connectivity index (χ4v) is 3.82. The SMILES string of the molecule is COC(=O)[C@H]1C[C@]1(/C=C/c1ccccc1)O[Si](C)(C)C. The summed E-state index contributed by atoms with van der Waals surface area (Å²) in [5.41, 5.74) is 0.648. The molecular weight excluding hydrogens is 268 g/mol. The van der Waals surface area contributed by atoms with E-state index in [1.165, 1.54) is 7.11 Å². The number of methoxy groups -OCH3 is 1. The highest BCUT2D eigenvalue weighted by atomic mass is 28.4. The molecule has 20 heavy (non-hydrogen) atoms. The maximum absolute atomic E-state index is 11.8. The van der Waals surface area contributed by atoms with E-state index in [2.05, 4.69) is 19.6 Å². The molecule has 1 aliphatic rings. The van der Waals surface area contributed by atoms with Crippen LogP contribution < -0.4 is 0 Å². The minimum absolute atomic E-state index is 0.167. The molecule has 2 atom stereocenters. The molecule has 3 nitrogen and oxygen atoms in total.